The van der Waals surface area contributed by atoms with Crippen molar-refractivity contribution in [3.8, 4) is 11.5 Å². The molecule has 3 rings (SSSR count). The lowest BCUT2D eigenvalue weighted by Gasteiger charge is -2.15. The van der Waals surface area contributed by atoms with Gasteiger partial charge in [0, 0.05) is 44.5 Å². The predicted octanol–water partition coefficient (Wildman–Crippen LogP) is 3.68. The summed E-state index contributed by atoms with van der Waals surface area (Å²) in [6.45, 7) is 9.04. The molecule has 6 heteroatoms. The number of hydrogen-bond acceptors (Lipinski definition) is 4. The van der Waals surface area contributed by atoms with Crippen molar-refractivity contribution in [2.24, 2.45) is 16.8 Å². The van der Waals surface area contributed by atoms with Gasteiger partial charge in [0.2, 0.25) is 0 Å². The Balaban J connectivity index is 1.50. The molecule has 0 unspecified atom stereocenters. The third-order valence-corrected chi connectivity index (χ3v) is 4.43. The lowest BCUT2D eigenvalue weighted by molar-refractivity contribution is 0.123. The topological polar surface area (TPSA) is 64.1 Å². The Labute approximate surface area is 162 Å². The van der Waals surface area contributed by atoms with E-state index < -0.39 is 0 Å². The van der Waals surface area contributed by atoms with E-state index in [0.29, 0.717) is 19.1 Å². The van der Waals surface area contributed by atoms with E-state index in [1.165, 1.54) is 12.8 Å². The molecular weight excluding hydrogens is 342 g/mol. The second-order valence-electron chi connectivity index (χ2n) is 7.72. The first-order valence-corrected chi connectivity index (χ1v) is 10.2. The zero-order valence-electron chi connectivity index (χ0n) is 16.6. The van der Waals surface area contributed by atoms with Gasteiger partial charge in [-0.15, -0.1) is 0 Å². The number of guanidine groups is 1. The van der Waals surface area contributed by atoms with E-state index >= 15 is 0 Å². The van der Waals surface area contributed by atoms with Gasteiger partial charge in [0.05, 0.1) is 13.2 Å². The third-order valence-electron chi connectivity index (χ3n) is 4.43. The fourth-order valence-corrected chi connectivity index (χ4v) is 2.71. The molecule has 1 aliphatic heterocycles. The first-order chi connectivity index (χ1) is 13.2. The molecule has 27 heavy (non-hydrogen) atoms. The minimum atomic E-state index is 0.509. The molecule has 0 radical (unpaired) electrons. The van der Waals surface area contributed by atoms with Gasteiger partial charge in [0.25, 0.3) is 0 Å². The second-order valence-corrected chi connectivity index (χ2v) is 7.72. The summed E-state index contributed by atoms with van der Waals surface area (Å²) < 4.78 is 17.2. The maximum absolute atomic E-state index is 5.78. The van der Waals surface area contributed by atoms with Crippen LogP contribution in [0.2, 0.25) is 0 Å². The summed E-state index contributed by atoms with van der Waals surface area (Å²) in [5.41, 5.74) is 0.944. The molecule has 1 aliphatic carbocycles. The van der Waals surface area contributed by atoms with Crippen LogP contribution in [-0.4, -0.2) is 45.5 Å². The van der Waals surface area contributed by atoms with Crippen molar-refractivity contribution in [1.82, 2.24) is 5.32 Å². The van der Waals surface area contributed by atoms with Gasteiger partial charge in [0.15, 0.2) is 17.5 Å². The average Bonchev–Trinajstić information content (AvgIpc) is 3.48. The third kappa shape index (κ3) is 7.29. The molecule has 1 aromatic carbocycles. The van der Waals surface area contributed by atoms with Crippen LogP contribution in [0.1, 0.15) is 39.5 Å². The Bertz CT molecular complexity index is 615. The summed E-state index contributed by atoms with van der Waals surface area (Å²) >= 11 is 0. The van der Waals surface area contributed by atoms with Crippen LogP contribution < -0.4 is 20.1 Å². The Morgan fingerprint density at radius 1 is 1.22 bits per heavy atom. The fourth-order valence-electron chi connectivity index (χ4n) is 2.71. The zero-order valence-corrected chi connectivity index (χ0v) is 16.6. The molecule has 0 bridgehead atoms. The van der Waals surface area contributed by atoms with Crippen molar-refractivity contribution in [3.63, 3.8) is 0 Å². The van der Waals surface area contributed by atoms with Crippen molar-refractivity contribution in [2.75, 3.05) is 44.8 Å². The normalized spacial score (nSPS) is 16.9. The largest absolute Gasteiger partial charge is 0.490 e. The minimum absolute atomic E-state index is 0.509. The van der Waals surface area contributed by atoms with Gasteiger partial charge < -0.3 is 24.8 Å². The van der Waals surface area contributed by atoms with E-state index in [1.807, 2.05) is 18.2 Å². The van der Waals surface area contributed by atoms with Gasteiger partial charge in [-0.2, -0.15) is 0 Å². The Kier molecular flexibility index (Phi) is 7.63. The smallest absolute Gasteiger partial charge is 0.195 e. The van der Waals surface area contributed by atoms with E-state index in [0.717, 1.165) is 68.2 Å². The fraction of sp³-hybridized carbons (Fsp3) is 0.667. The highest BCUT2D eigenvalue weighted by molar-refractivity contribution is 5.93. The molecule has 1 heterocycles. The summed E-state index contributed by atoms with van der Waals surface area (Å²) in [6.07, 6.45) is 4.55. The van der Waals surface area contributed by atoms with Crippen molar-refractivity contribution in [3.05, 3.63) is 18.2 Å². The maximum Gasteiger partial charge on any atom is 0.195 e. The number of benzene rings is 1. The summed E-state index contributed by atoms with van der Waals surface area (Å²) in [6, 6.07) is 5.93. The van der Waals surface area contributed by atoms with Crippen LogP contribution >= 0.6 is 0 Å². The predicted molar refractivity (Wildman–Crippen MR) is 109 cm³/mol. The number of aliphatic imine (C=N–C) groups is 1. The van der Waals surface area contributed by atoms with Gasteiger partial charge in [0.1, 0.15) is 0 Å². The van der Waals surface area contributed by atoms with Crippen molar-refractivity contribution < 1.29 is 14.2 Å². The first kappa shape index (κ1) is 19.8. The highest BCUT2D eigenvalue weighted by Gasteiger charge is 2.20. The molecule has 2 aliphatic rings. The molecule has 0 amide bonds. The molecule has 150 valence electrons. The van der Waals surface area contributed by atoms with E-state index in [2.05, 4.69) is 29.5 Å². The van der Waals surface area contributed by atoms with Crippen LogP contribution in [-0.2, 0) is 4.74 Å². The first-order valence-electron chi connectivity index (χ1n) is 10.2. The van der Waals surface area contributed by atoms with Gasteiger partial charge in [-0.25, -0.2) is 0 Å². The number of anilines is 1. The van der Waals surface area contributed by atoms with E-state index in [-0.39, 0.29) is 0 Å². The minimum Gasteiger partial charge on any atom is -0.490 e. The number of nitrogens with zero attached hydrogens (tertiary/aromatic N) is 1. The number of hydrogen-bond donors (Lipinski definition) is 2. The summed E-state index contributed by atoms with van der Waals surface area (Å²) in [7, 11) is 0. The number of ether oxygens (including phenoxy) is 3. The van der Waals surface area contributed by atoms with Gasteiger partial charge in [-0.1, -0.05) is 13.8 Å². The molecule has 0 atom stereocenters. The maximum atomic E-state index is 5.78. The number of rotatable bonds is 9. The molecule has 1 aromatic rings. The monoisotopic (exact) mass is 375 g/mol. The Hall–Kier alpha value is -1.95. The summed E-state index contributed by atoms with van der Waals surface area (Å²) in [4.78, 5) is 4.69. The molecule has 0 spiro atoms. The Morgan fingerprint density at radius 2 is 2.04 bits per heavy atom. The molecule has 1 fully saturated rings. The van der Waals surface area contributed by atoms with E-state index in [1.54, 1.807) is 0 Å². The second kappa shape index (κ2) is 10.4. The molecule has 2 N–H and O–H groups in total. The van der Waals surface area contributed by atoms with Crippen molar-refractivity contribution >= 4 is 11.6 Å². The Morgan fingerprint density at radius 3 is 2.81 bits per heavy atom. The molecule has 1 saturated carbocycles. The quantitative estimate of drug-likeness (QED) is 0.392. The van der Waals surface area contributed by atoms with Crippen LogP contribution in [0.15, 0.2) is 23.2 Å². The lowest BCUT2D eigenvalue weighted by atomic mass is 10.2. The van der Waals surface area contributed by atoms with Crippen LogP contribution in [0.25, 0.3) is 0 Å². The van der Waals surface area contributed by atoms with Gasteiger partial charge in [-0.05, 0) is 43.2 Å². The molecular formula is C21H33N3O3. The summed E-state index contributed by atoms with van der Waals surface area (Å²) in [5.74, 6) is 3.71. The van der Waals surface area contributed by atoms with E-state index in [4.69, 9.17) is 14.2 Å². The molecule has 6 nitrogen and oxygen atoms in total. The SMILES string of the molecule is CC(C)CN=C(NCCCOCC1CC1)Nc1ccc2c(c1)OCCCO2. The molecule has 0 aromatic heterocycles. The van der Waals surface area contributed by atoms with Gasteiger partial charge in [-0.3, -0.25) is 4.99 Å². The van der Waals surface area contributed by atoms with Crippen molar-refractivity contribution in [1.29, 1.82) is 0 Å². The van der Waals surface area contributed by atoms with Crippen LogP contribution in [0.5, 0.6) is 11.5 Å². The zero-order chi connectivity index (χ0) is 18.9. The van der Waals surface area contributed by atoms with Crippen molar-refractivity contribution in [2.45, 2.75) is 39.5 Å². The lowest BCUT2D eigenvalue weighted by Crippen LogP contribution is -2.32. The highest BCUT2D eigenvalue weighted by Crippen LogP contribution is 2.32. The van der Waals surface area contributed by atoms with Gasteiger partial charge >= 0.3 is 0 Å². The number of fused-ring (bicyclic) bond motifs is 1. The van der Waals surface area contributed by atoms with Crippen LogP contribution in [0.3, 0.4) is 0 Å². The average molecular weight is 376 g/mol. The molecule has 0 saturated heterocycles. The number of nitrogens with one attached hydrogen (secondary N) is 2. The van der Waals surface area contributed by atoms with Crippen LogP contribution in [0.4, 0.5) is 5.69 Å². The summed E-state index contributed by atoms with van der Waals surface area (Å²) in [5, 5.41) is 6.79. The van der Waals surface area contributed by atoms with Crippen LogP contribution in [0, 0.1) is 11.8 Å². The standard InChI is InChI=1S/C21H33N3O3/c1-16(2)14-23-21(22-9-3-10-25-15-17-5-6-17)24-18-7-8-19-20(13-18)27-12-4-11-26-19/h7-8,13,16-17H,3-6,9-12,14-15H2,1-2H3,(H2,22,23,24). The highest BCUT2D eigenvalue weighted by atomic mass is 16.5. The van der Waals surface area contributed by atoms with E-state index in [9.17, 15) is 0 Å².